The number of aliphatic carboxylic acids is 1. The molecule has 7 nitrogen and oxygen atoms in total. The van der Waals surface area contributed by atoms with E-state index in [0.29, 0.717) is 48.2 Å². The van der Waals surface area contributed by atoms with Gasteiger partial charge in [-0.1, -0.05) is 40.1 Å². The summed E-state index contributed by atoms with van der Waals surface area (Å²) in [6.07, 6.45) is 6.33. The molecule has 36 heavy (non-hydrogen) atoms. The number of fused-ring (bicyclic) bond motifs is 1. The summed E-state index contributed by atoms with van der Waals surface area (Å²) in [7, 11) is -2.01. The molecule has 0 saturated carbocycles. The minimum atomic E-state index is -2.01. The maximum atomic E-state index is 13.6. The number of carbonyl (C=O) groups excluding carboxylic acids is 1. The average molecular weight is 531 g/mol. The normalized spacial score (nSPS) is 16.2. The molecule has 1 amide bonds. The smallest absolute Gasteiger partial charge is 0.303 e. The SMILES string of the molecule is O=C(O)CCCC1CCN(C(=O)C(CCc2ccccc2Cl)N[SH+](=O)c2cccc3[nH]ccc23)CC1. The topological polar surface area (TPSA) is 102 Å². The minimum Gasteiger partial charge on any atom is -0.481 e. The molecule has 2 atom stereocenters. The Morgan fingerprint density at radius 3 is 2.67 bits per heavy atom. The molecule has 1 fully saturated rings. The van der Waals surface area contributed by atoms with Gasteiger partial charge in [0.25, 0.3) is 0 Å². The summed E-state index contributed by atoms with van der Waals surface area (Å²) in [4.78, 5) is 30.1. The molecule has 1 aliphatic heterocycles. The van der Waals surface area contributed by atoms with Crippen LogP contribution in [0, 0.1) is 5.92 Å². The molecule has 3 N–H and O–H groups in total. The molecule has 1 aliphatic rings. The van der Waals surface area contributed by atoms with E-state index in [1.54, 1.807) is 0 Å². The Hall–Kier alpha value is -2.68. The number of aromatic amines is 1. The highest BCUT2D eigenvalue weighted by molar-refractivity contribution is 7.83. The molecular formula is C27H33ClN3O4S+. The summed E-state index contributed by atoms with van der Waals surface area (Å²) < 4.78 is 16.6. The second kappa shape index (κ2) is 12.5. The van der Waals surface area contributed by atoms with Crippen molar-refractivity contribution in [1.29, 1.82) is 0 Å². The second-order valence-electron chi connectivity index (χ2n) is 9.38. The Labute approximate surface area is 218 Å². The number of nitrogens with zero attached hydrogens (tertiary/aromatic N) is 1. The van der Waals surface area contributed by atoms with E-state index >= 15 is 0 Å². The summed E-state index contributed by atoms with van der Waals surface area (Å²) in [5.74, 6) is -0.374. The number of amides is 1. The molecular weight excluding hydrogens is 498 g/mol. The van der Waals surface area contributed by atoms with E-state index in [1.165, 1.54) is 0 Å². The maximum absolute atomic E-state index is 13.6. The van der Waals surface area contributed by atoms with Crippen LogP contribution in [-0.2, 0) is 31.2 Å². The Kier molecular flexibility index (Phi) is 9.18. The molecule has 2 unspecified atom stereocenters. The number of benzene rings is 2. The lowest BCUT2D eigenvalue weighted by molar-refractivity contribution is -0.137. The Morgan fingerprint density at radius 1 is 1.14 bits per heavy atom. The third kappa shape index (κ3) is 6.75. The van der Waals surface area contributed by atoms with Crippen molar-refractivity contribution in [3.63, 3.8) is 0 Å². The molecule has 2 aromatic carbocycles. The lowest BCUT2D eigenvalue weighted by Crippen LogP contribution is -2.49. The van der Waals surface area contributed by atoms with Gasteiger partial charge in [0, 0.05) is 30.7 Å². The molecule has 3 aromatic rings. The summed E-state index contributed by atoms with van der Waals surface area (Å²) in [5.41, 5.74) is 1.86. The minimum absolute atomic E-state index is 0.0457. The first-order valence-electron chi connectivity index (χ1n) is 12.5. The van der Waals surface area contributed by atoms with Gasteiger partial charge in [-0.2, -0.15) is 0 Å². The third-order valence-electron chi connectivity index (χ3n) is 6.95. The maximum Gasteiger partial charge on any atom is 0.303 e. The molecule has 0 spiro atoms. The van der Waals surface area contributed by atoms with Gasteiger partial charge < -0.3 is 15.0 Å². The van der Waals surface area contributed by atoms with Crippen LogP contribution in [0.4, 0.5) is 0 Å². The van der Waals surface area contributed by atoms with E-state index in [-0.39, 0.29) is 12.3 Å². The molecule has 1 saturated heterocycles. The number of thiol groups is 1. The number of carboxylic acids is 1. The van der Waals surface area contributed by atoms with Gasteiger partial charge in [0.15, 0.2) is 15.9 Å². The number of rotatable bonds is 11. The van der Waals surface area contributed by atoms with Crippen LogP contribution in [0.1, 0.15) is 44.1 Å². The number of likely N-dealkylation sites (tertiary alicyclic amines) is 1. The monoisotopic (exact) mass is 530 g/mol. The van der Waals surface area contributed by atoms with Crippen molar-refractivity contribution in [2.45, 2.75) is 55.9 Å². The number of hydrogen-bond acceptors (Lipinski definition) is 3. The van der Waals surface area contributed by atoms with Gasteiger partial charge in [-0.05, 0) is 74.3 Å². The number of aromatic nitrogens is 1. The highest BCUT2D eigenvalue weighted by Gasteiger charge is 2.32. The number of aryl methyl sites for hydroxylation is 1. The van der Waals surface area contributed by atoms with E-state index in [0.717, 1.165) is 35.7 Å². The van der Waals surface area contributed by atoms with Crippen LogP contribution in [0.25, 0.3) is 10.9 Å². The highest BCUT2D eigenvalue weighted by atomic mass is 35.5. The number of nitrogens with one attached hydrogen (secondary N) is 2. The van der Waals surface area contributed by atoms with Gasteiger partial charge in [0.1, 0.15) is 6.04 Å². The van der Waals surface area contributed by atoms with E-state index in [1.807, 2.05) is 59.6 Å². The van der Waals surface area contributed by atoms with Gasteiger partial charge in [-0.3, -0.25) is 9.59 Å². The average Bonchev–Trinajstić information content (AvgIpc) is 3.36. The zero-order valence-electron chi connectivity index (χ0n) is 20.2. The predicted octanol–water partition coefficient (Wildman–Crippen LogP) is 4.88. The van der Waals surface area contributed by atoms with Crippen LogP contribution in [0.5, 0.6) is 0 Å². The van der Waals surface area contributed by atoms with Gasteiger partial charge in [0.05, 0.1) is 10.9 Å². The molecule has 9 heteroatoms. The Morgan fingerprint density at radius 2 is 1.92 bits per heavy atom. The number of halogens is 1. The Balaban J connectivity index is 1.44. The molecule has 0 aliphatic carbocycles. The third-order valence-corrected chi connectivity index (χ3v) is 8.69. The molecule has 0 bridgehead atoms. The van der Waals surface area contributed by atoms with E-state index < -0.39 is 23.0 Å². The van der Waals surface area contributed by atoms with Crippen LogP contribution in [-0.4, -0.2) is 46.0 Å². The van der Waals surface area contributed by atoms with Crippen LogP contribution in [0.2, 0.25) is 5.02 Å². The van der Waals surface area contributed by atoms with Crippen LogP contribution in [0.15, 0.2) is 59.6 Å². The quantitative estimate of drug-likeness (QED) is 0.243. The number of hydrogen-bond donors (Lipinski definition) is 3. The first-order chi connectivity index (χ1) is 17.4. The zero-order chi connectivity index (χ0) is 25.5. The van der Waals surface area contributed by atoms with Crippen molar-refractivity contribution in [3.05, 3.63) is 65.3 Å². The second-order valence-corrected chi connectivity index (χ2v) is 11.1. The van der Waals surface area contributed by atoms with Crippen LogP contribution in [0.3, 0.4) is 0 Å². The molecule has 192 valence electrons. The van der Waals surface area contributed by atoms with Crippen molar-refractivity contribution < 1.29 is 18.9 Å². The number of carbonyl (C=O) groups is 2. The van der Waals surface area contributed by atoms with Gasteiger partial charge in [-0.15, -0.1) is 4.72 Å². The summed E-state index contributed by atoms with van der Waals surface area (Å²) >= 11 is 6.35. The number of carboxylic acid groups (broad SMARTS) is 1. The van der Waals surface area contributed by atoms with Crippen molar-refractivity contribution in [2.24, 2.45) is 5.92 Å². The van der Waals surface area contributed by atoms with Crippen LogP contribution >= 0.6 is 11.6 Å². The van der Waals surface area contributed by atoms with Crippen molar-refractivity contribution >= 4 is 45.4 Å². The number of piperidine rings is 1. The molecule has 1 aromatic heterocycles. The first-order valence-corrected chi connectivity index (χ1v) is 14.1. The highest BCUT2D eigenvalue weighted by Crippen LogP contribution is 2.25. The van der Waals surface area contributed by atoms with Gasteiger partial charge in [0.2, 0.25) is 5.91 Å². The van der Waals surface area contributed by atoms with Crippen molar-refractivity contribution in [1.82, 2.24) is 14.6 Å². The summed E-state index contributed by atoms with van der Waals surface area (Å²) in [6, 6.07) is 14.5. The number of H-pyrrole nitrogens is 1. The largest absolute Gasteiger partial charge is 0.481 e. The van der Waals surface area contributed by atoms with Crippen LogP contribution < -0.4 is 4.72 Å². The van der Waals surface area contributed by atoms with Gasteiger partial charge >= 0.3 is 5.97 Å². The predicted molar refractivity (Wildman–Crippen MR) is 143 cm³/mol. The Bertz CT molecular complexity index is 1220. The molecule has 2 heterocycles. The standard InChI is InChI=1S/C27H32ClN3O4S/c28-22-7-2-1-6-20(22)11-12-24(30-36(35)25-9-4-8-23-21(25)13-16-29-23)27(34)31-17-14-19(15-18-31)5-3-10-26(32)33/h1-2,4,6-9,13,16,19,24,29H,3,5,10-12,14-15,17-18H2,(H,30,35)(H,32,33)/p+1. The summed E-state index contributed by atoms with van der Waals surface area (Å²) in [5, 5.41) is 10.4. The van der Waals surface area contributed by atoms with E-state index in [2.05, 4.69) is 9.71 Å². The lowest BCUT2D eigenvalue weighted by Gasteiger charge is -2.34. The fourth-order valence-corrected chi connectivity index (χ4v) is 6.43. The van der Waals surface area contributed by atoms with Crippen molar-refractivity contribution in [3.8, 4) is 0 Å². The zero-order valence-corrected chi connectivity index (χ0v) is 21.8. The fourth-order valence-electron chi connectivity index (χ4n) is 4.91. The van der Waals surface area contributed by atoms with Gasteiger partial charge in [-0.25, -0.2) is 0 Å². The molecule has 0 radical (unpaired) electrons. The lowest BCUT2D eigenvalue weighted by atomic mass is 9.91. The summed E-state index contributed by atoms with van der Waals surface area (Å²) in [6.45, 7) is 1.26. The fraction of sp³-hybridized carbons (Fsp3) is 0.407. The molecule has 4 rings (SSSR count). The van der Waals surface area contributed by atoms with E-state index in [9.17, 15) is 13.8 Å². The van der Waals surface area contributed by atoms with Crippen molar-refractivity contribution in [2.75, 3.05) is 13.1 Å². The van der Waals surface area contributed by atoms with E-state index in [4.69, 9.17) is 16.7 Å². The first kappa shape index (κ1) is 26.4.